The highest BCUT2D eigenvalue weighted by molar-refractivity contribution is 6.23. The molecule has 1 aliphatic rings. The second-order valence-electron chi connectivity index (χ2n) is 11.1. The molecule has 0 bridgehead atoms. The molecule has 5 nitrogen and oxygen atoms in total. The molecule has 4 aromatic carbocycles. The summed E-state index contributed by atoms with van der Waals surface area (Å²) in [4.78, 5) is 26.8. The first-order valence-electron chi connectivity index (χ1n) is 14.8. The van der Waals surface area contributed by atoms with Gasteiger partial charge >= 0.3 is 0 Å². The Morgan fingerprint density at radius 2 is 1.61 bits per heavy atom. The van der Waals surface area contributed by atoms with E-state index in [-0.39, 0.29) is 30.7 Å². The van der Waals surface area contributed by atoms with Gasteiger partial charge in [-0.3, -0.25) is 9.59 Å². The lowest BCUT2D eigenvalue weighted by molar-refractivity contribution is -0.134. The van der Waals surface area contributed by atoms with Gasteiger partial charge in [-0.1, -0.05) is 67.9 Å². The number of rotatable bonds is 11. The topological polar surface area (TPSA) is 69.6 Å². The number of benzene rings is 4. The molecule has 5 rings (SSSR count). The Morgan fingerprint density at radius 1 is 0.895 bits per heavy atom. The van der Waals surface area contributed by atoms with Crippen LogP contribution >= 0.6 is 0 Å². The fraction of sp³-hybridized carbons (Fsp3) is 0.455. The molecule has 0 aliphatic carbocycles. The van der Waals surface area contributed by atoms with Crippen molar-refractivity contribution >= 4 is 44.1 Å². The summed E-state index contributed by atoms with van der Waals surface area (Å²) in [5, 5.41) is 20.4. The van der Waals surface area contributed by atoms with Crippen molar-refractivity contribution in [2.45, 2.75) is 64.7 Å². The summed E-state index contributed by atoms with van der Waals surface area (Å²) in [5.74, 6) is 0.265. The van der Waals surface area contributed by atoms with E-state index in [2.05, 4.69) is 59.9 Å². The molecule has 1 saturated heterocycles. The average Bonchev–Trinajstić information content (AvgIpc) is 2.98. The molecular weight excluding hydrogens is 472 g/mol. The number of carbonyl (C=O) groups excluding carboxylic acids is 2. The van der Waals surface area contributed by atoms with Gasteiger partial charge in [0.2, 0.25) is 11.8 Å². The number of piperidine rings is 1. The van der Waals surface area contributed by atoms with Crippen LogP contribution in [-0.4, -0.2) is 48.1 Å². The molecule has 0 unspecified atom stereocenters. The van der Waals surface area contributed by atoms with E-state index in [4.69, 9.17) is 1.37 Å². The predicted octanol–water partition coefficient (Wildman–Crippen LogP) is 6.20. The first-order valence-corrected chi connectivity index (χ1v) is 14.1. The summed E-state index contributed by atoms with van der Waals surface area (Å²) >= 11 is 0. The summed E-state index contributed by atoms with van der Waals surface area (Å²) in [6.07, 6.45) is 6.77. The number of carbonyl (C=O) groups is 2. The standard InChI is InChI=1S/C33H40N2O3/c1-33(23-36)18-21-35(22-19-33)30(38)11-3-2-4-20-34-29(37)10-6-7-24-12-13-27-15-14-25-8-5-9-26-16-17-28(24)32(27)31(25)26/h5,8-9,12-17,36H,2-4,6-7,10-11,18-23H2,1H3,(H,34,37)/i1D. The number of aliphatic hydroxyl groups is 1. The fourth-order valence-electron chi connectivity index (χ4n) is 5.89. The molecule has 0 radical (unpaired) electrons. The molecule has 1 fully saturated rings. The number of aliphatic hydroxyl groups excluding tert-OH is 1. The van der Waals surface area contributed by atoms with E-state index >= 15 is 0 Å². The number of hydrogen-bond donors (Lipinski definition) is 2. The summed E-state index contributed by atoms with van der Waals surface area (Å²) in [6.45, 7) is 2.19. The van der Waals surface area contributed by atoms with Crippen molar-refractivity contribution in [2.75, 3.05) is 26.2 Å². The number of amides is 2. The summed E-state index contributed by atoms with van der Waals surface area (Å²) in [6, 6.07) is 19.7. The normalized spacial score (nSPS) is 15.8. The quantitative estimate of drug-likeness (QED) is 0.185. The molecule has 1 aliphatic heterocycles. The average molecular weight is 514 g/mol. The molecule has 200 valence electrons. The van der Waals surface area contributed by atoms with Crippen molar-refractivity contribution in [1.82, 2.24) is 10.2 Å². The second-order valence-corrected chi connectivity index (χ2v) is 11.1. The lowest BCUT2D eigenvalue weighted by Gasteiger charge is -2.38. The molecule has 4 aromatic rings. The third-order valence-corrected chi connectivity index (χ3v) is 8.37. The zero-order valence-electron chi connectivity index (χ0n) is 23.3. The van der Waals surface area contributed by atoms with Crippen LogP contribution in [0.5, 0.6) is 0 Å². The maximum atomic E-state index is 12.5. The highest BCUT2D eigenvalue weighted by Crippen LogP contribution is 2.36. The smallest absolute Gasteiger partial charge is 0.222 e. The molecule has 2 N–H and O–H groups in total. The molecule has 0 spiro atoms. The van der Waals surface area contributed by atoms with Gasteiger partial charge in [-0.25, -0.2) is 0 Å². The minimum Gasteiger partial charge on any atom is -0.396 e. The monoisotopic (exact) mass is 513 g/mol. The minimum absolute atomic E-state index is 0.0320. The van der Waals surface area contributed by atoms with Crippen LogP contribution in [0.2, 0.25) is 0 Å². The highest BCUT2D eigenvalue weighted by Gasteiger charge is 2.30. The van der Waals surface area contributed by atoms with Gasteiger partial charge in [0.05, 0.1) is 0 Å². The molecule has 38 heavy (non-hydrogen) atoms. The van der Waals surface area contributed by atoms with Crippen LogP contribution in [0.15, 0.2) is 54.6 Å². The molecule has 5 heteroatoms. The fourth-order valence-corrected chi connectivity index (χ4v) is 5.89. The summed E-state index contributed by atoms with van der Waals surface area (Å²) < 4.78 is 7.67. The van der Waals surface area contributed by atoms with E-state index in [0.717, 1.165) is 32.1 Å². The molecule has 0 atom stereocenters. The second kappa shape index (κ2) is 11.7. The Morgan fingerprint density at radius 3 is 2.34 bits per heavy atom. The van der Waals surface area contributed by atoms with Crippen molar-refractivity contribution in [1.29, 1.82) is 0 Å². The van der Waals surface area contributed by atoms with Crippen LogP contribution in [0, 0.1) is 5.41 Å². The Kier molecular flexibility index (Phi) is 7.73. The number of nitrogens with zero attached hydrogens (tertiary/aromatic N) is 1. The van der Waals surface area contributed by atoms with Crippen molar-refractivity contribution in [3.8, 4) is 0 Å². The van der Waals surface area contributed by atoms with E-state index in [1.807, 2.05) is 4.90 Å². The van der Waals surface area contributed by atoms with Crippen molar-refractivity contribution in [2.24, 2.45) is 5.41 Å². The lowest BCUT2D eigenvalue weighted by atomic mass is 9.81. The third-order valence-electron chi connectivity index (χ3n) is 8.37. The van der Waals surface area contributed by atoms with Gasteiger partial charge < -0.3 is 15.3 Å². The summed E-state index contributed by atoms with van der Waals surface area (Å²) in [5.41, 5.74) is 0.977. The van der Waals surface area contributed by atoms with Crippen molar-refractivity contribution in [3.63, 3.8) is 0 Å². The van der Waals surface area contributed by atoms with Gasteiger partial charge in [0.1, 0.15) is 0 Å². The number of aryl methyl sites for hydroxylation is 1. The molecule has 2 amide bonds. The Hall–Kier alpha value is -3.18. The van der Waals surface area contributed by atoms with Gasteiger partial charge in [-0.05, 0) is 81.8 Å². The van der Waals surface area contributed by atoms with E-state index in [9.17, 15) is 14.7 Å². The molecular formula is C33H40N2O3. The van der Waals surface area contributed by atoms with Crippen molar-refractivity contribution in [3.05, 3.63) is 60.2 Å². The van der Waals surface area contributed by atoms with Gasteiger partial charge in [-0.2, -0.15) is 0 Å². The summed E-state index contributed by atoms with van der Waals surface area (Å²) in [7, 11) is 0. The molecule has 1 heterocycles. The highest BCUT2D eigenvalue weighted by atomic mass is 16.3. The SMILES string of the molecule is [2H]CC1(CO)CCN(C(=O)CCCCCNC(=O)CCCc2ccc3ccc4cccc5ccc2c3c45)CC1. The van der Waals surface area contributed by atoms with Crippen LogP contribution in [0.3, 0.4) is 0 Å². The number of likely N-dealkylation sites (tertiary alicyclic amines) is 1. The van der Waals surface area contributed by atoms with Crippen LogP contribution in [0.1, 0.15) is 65.2 Å². The Labute approximate surface area is 226 Å². The van der Waals surface area contributed by atoms with Crippen LogP contribution in [-0.2, 0) is 16.0 Å². The Bertz CT molecular complexity index is 1410. The van der Waals surface area contributed by atoms with Crippen molar-refractivity contribution < 1.29 is 16.1 Å². The van der Waals surface area contributed by atoms with E-state index in [0.29, 0.717) is 45.3 Å². The van der Waals surface area contributed by atoms with E-state index in [1.54, 1.807) is 0 Å². The van der Waals surface area contributed by atoms with Gasteiger partial charge in [0, 0.05) is 40.5 Å². The lowest BCUT2D eigenvalue weighted by Crippen LogP contribution is -2.43. The van der Waals surface area contributed by atoms with Crippen LogP contribution < -0.4 is 5.32 Å². The number of nitrogens with one attached hydrogen (secondary N) is 1. The van der Waals surface area contributed by atoms with Gasteiger partial charge in [0.25, 0.3) is 0 Å². The van der Waals surface area contributed by atoms with Gasteiger partial charge in [0.15, 0.2) is 0 Å². The predicted molar refractivity (Wildman–Crippen MR) is 156 cm³/mol. The largest absolute Gasteiger partial charge is 0.396 e. The first-order chi connectivity index (χ1) is 19.0. The van der Waals surface area contributed by atoms with E-state index in [1.165, 1.54) is 37.9 Å². The number of hydrogen-bond acceptors (Lipinski definition) is 3. The maximum absolute atomic E-state index is 12.5. The third kappa shape index (κ3) is 5.78. The maximum Gasteiger partial charge on any atom is 0.222 e. The first kappa shape index (κ1) is 25.1. The van der Waals surface area contributed by atoms with Gasteiger partial charge in [-0.15, -0.1) is 0 Å². The van der Waals surface area contributed by atoms with Crippen LogP contribution in [0.4, 0.5) is 0 Å². The number of unbranched alkanes of at least 4 members (excludes halogenated alkanes) is 2. The van der Waals surface area contributed by atoms with Crippen LogP contribution in [0.25, 0.3) is 32.3 Å². The molecule has 0 saturated carbocycles. The van der Waals surface area contributed by atoms with E-state index < -0.39 is 0 Å². The zero-order chi connectivity index (χ0) is 27.2. The minimum atomic E-state index is -0.322. The Balaban J connectivity index is 1.01. The zero-order valence-corrected chi connectivity index (χ0v) is 22.3. The molecule has 0 aromatic heterocycles.